The third-order valence-corrected chi connectivity index (χ3v) is 2.54. The molecule has 0 amide bonds. The molecule has 0 aliphatic carbocycles. The van der Waals surface area contributed by atoms with Gasteiger partial charge in [0.1, 0.15) is 0 Å². The Hall–Kier alpha value is -1.35. The van der Waals surface area contributed by atoms with E-state index in [9.17, 15) is 4.79 Å². The number of hydrogen-bond donors (Lipinski definition) is 0. The molecule has 0 N–H and O–H groups in total. The van der Waals surface area contributed by atoms with Gasteiger partial charge in [0.15, 0.2) is 5.06 Å². The minimum absolute atomic E-state index is 0.589. The summed E-state index contributed by atoms with van der Waals surface area (Å²) < 4.78 is 5.72. The van der Waals surface area contributed by atoms with Crippen molar-refractivity contribution >= 4 is 27.9 Å². The Balaban J connectivity index is 2.54. The highest BCUT2D eigenvalue weighted by Crippen LogP contribution is 2.30. The van der Waals surface area contributed by atoms with Crippen LogP contribution in [0.3, 0.4) is 0 Å². The van der Waals surface area contributed by atoms with Crippen molar-refractivity contribution < 1.29 is 9.53 Å². The van der Waals surface area contributed by atoms with Crippen molar-refractivity contribution in [2.45, 2.75) is 0 Å². The summed E-state index contributed by atoms with van der Waals surface area (Å²) in [6.07, 6.45) is 0. The predicted molar refractivity (Wildman–Crippen MR) is 48.1 cm³/mol. The van der Waals surface area contributed by atoms with Gasteiger partial charge < -0.3 is 4.74 Å². The number of ether oxygens (including phenoxy) is 1. The van der Waals surface area contributed by atoms with Crippen LogP contribution in [0.15, 0.2) is 30.3 Å². The first-order chi connectivity index (χ1) is 5.90. The van der Waals surface area contributed by atoms with Gasteiger partial charge in [-0.05, 0) is 11.5 Å². The SMILES string of the molecule is O=[C]Oc1cc2ccccc2s1. The van der Waals surface area contributed by atoms with Crippen LogP contribution in [0.4, 0.5) is 0 Å². The summed E-state index contributed by atoms with van der Waals surface area (Å²) in [5.74, 6) is 0. The van der Waals surface area contributed by atoms with Gasteiger partial charge >= 0.3 is 6.47 Å². The fraction of sp³-hybridized carbons (Fsp3) is 0. The molecule has 1 heterocycles. The Kier molecular flexibility index (Phi) is 1.80. The zero-order chi connectivity index (χ0) is 8.39. The molecule has 3 heteroatoms. The van der Waals surface area contributed by atoms with Gasteiger partial charge in [-0.1, -0.05) is 29.5 Å². The maximum atomic E-state index is 9.91. The van der Waals surface area contributed by atoms with Crippen LogP contribution in [-0.2, 0) is 4.79 Å². The van der Waals surface area contributed by atoms with Crippen molar-refractivity contribution in [3.63, 3.8) is 0 Å². The lowest BCUT2D eigenvalue weighted by Crippen LogP contribution is -1.82. The molecule has 2 nitrogen and oxygen atoms in total. The molecule has 12 heavy (non-hydrogen) atoms. The number of benzene rings is 1. The average Bonchev–Trinajstić information content (AvgIpc) is 2.47. The minimum atomic E-state index is 0.589. The molecule has 0 fully saturated rings. The van der Waals surface area contributed by atoms with E-state index in [1.807, 2.05) is 30.3 Å². The van der Waals surface area contributed by atoms with Crippen LogP contribution in [0, 0.1) is 0 Å². The summed E-state index contributed by atoms with van der Waals surface area (Å²) in [6, 6.07) is 9.68. The molecule has 2 rings (SSSR count). The summed E-state index contributed by atoms with van der Waals surface area (Å²) in [5.41, 5.74) is 0. The molecule has 0 bridgehead atoms. The lowest BCUT2D eigenvalue weighted by Gasteiger charge is -1.83. The van der Waals surface area contributed by atoms with Gasteiger partial charge in [0.05, 0.1) is 0 Å². The smallest absolute Gasteiger partial charge is 0.407 e. The van der Waals surface area contributed by atoms with Crippen molar-refractivity contribution in [3.8, 4) is 5.06 Å². The molecule has 1 aromatic carbocycles. The monoisotopic (exact) mass is 177 g/mol. The number of fused-ring (bicyclic) bond motifs is 1. The van der Waals surface area contributed by atoms with Gasteiger partial charge in [0.2, 0.25) is 0 Å². The minimum Gasteiger partial charge on any atom is -0.407 e. The molecule has 2 aromatic rings. The number of carbonyl (C=O) groups excluding carboxylic acids is 1. The Morgan fingerprint density at radius 3 is 2.92 bits per heavy atom. The normalized spacial score (nSPS) is 10.0. The molecule has 59 valence electrons. The molecule has 1 aromatic heterocycles. The molecule has 0 saturated heterocycles. The third-order valence-electron chi connectivity index (χ3n) is 1.55. The van der Waals surface area contributed by atoms with Crippen LogP contribution in [0.2, 0.25) is 0 Å². The van der Waals surface area contributed by atoms with Crippen molar-refractivity contribution in [1.82, 2.24) is 0 Å². The van der Waals surface area contributed by atoms with Gasteiger partial charge in [-0.2, -0.15) is 0 Å². The highest BCUT2D eigenvalue weighted by atomic mass is 32.1. The van der Waals surface area contributed by atoms with Gasteiger partial charge in [-0.3, -0.25) is 0 Å². The van der Waals surface area contributed by atoms with Crippen LogP contribution in [0.5, 0.6) is 5.06 Å². The molecule has 1 radical (unpaired) electrons. The van der Waals surface area contributed by atoms with Crippen LogP contribution < -0.4 is 4.74 Å². The molecule has 0 aliphatic rings. The van der Waals surface area contributed by atoms with Crippen LogP contribution >= 0.6 is 11.3 Å². The van der Waals surface area contributed by atoms with Crippen LogP contribution in [0.1, 0.15) is 0 Å². The molecular formula is C9H5O2S. The highest BCUT2D eigenvalue weighted by molar-refractivity contribution is 7.20. The molecule has 0 atom stereocenters. The third kappa shape index (κ3) is 1.19. The second-order valence-corrected chi connectivity index (χ2v) is 3.33. The van der Waals surface area contributed by atoms with Gasteiger partial charge in [0, 0.05) is 10.8 Å². The zero-order valence-electron chi connectivity index (χ0n) is 6.11. The summed E-state index contributed by atoms with van der Waals surface area (Å²) >= 11 is 1.44. The van der Waals surface area contributed by atoms with Crippen molar-refractivity contribution in [1.29, 1.82) is 0 Å². The molecule has 0 unspecified atom stereocenters. The fourth-order valence-corrected chi connectivity index (χ4v) is 1.92. The summed E-state index contributed by atoms with van der Waals surface area (Å²) in [7, 11) is 0. The molecular weight excluding hydrogens is 172 g/mol. The quantitative estimate of drug-likeness (QED) is 0.703. The van der Waals surface area contributed by atoms with Crippen molar-refractivity contribution in [3.05, 3.63) is 30.3 Å². The second kappa shape index (κ2) is 2.95. The van der Waals surface area contributed by atoms with E-state index in [-0.39, 0.29) is 0 Å². The van der Waals surface area contributed by atoms with E-state index in [0.29, 0.717) is 5.06 Å². The van der Waals surface area contributed by atoms with E-state index in [0.717, 1.165) is 10.1 Å². The Morgan fingerprint density at radius 2 is 2.17 bits per heavy atom. The van der Waals surface area contributed by atoms with E-state index in [2.05, 4.69) is 4.74 Å². The van der Waals surface area contributed by atoms with E-state index in [1.54, 1.807) is 0 Å². The maximum Gasteiger partial charge on any atom is 0.424 e. The van der Waals surface area contributed by atoms with E-state index in [1.165, 1.54) is 17.8 Å². The first kappa shape index (κ1) is 7.31. The highest BCUT2D eigenvalue weighted by Gasteiger charge is 2.00. The largest absolute Gasteiger partial charge is 0.424 e. The van der Waals surface area contributed by atoms with Gasteiger partial charge in [-0.25, -0.2) is 4.79 Å². The predicted octanol–water partition coefficient (Wildman–Crippen LogP) is 2.35. The second-order valence-electron chi connectivity index (χ2n) is 2.29. The molecule has 0 saturated carbocycles. The summed E-state index contributed by atoms with van der Waals surface area (Å²) in [5, 5.41) is 1.68. The Labute approximate surface area is 73.4 Å². The lowest BCUT2D eigenvalue weighted by atomic mass is 10.3. The lowest BCUT2D eigenvalue weighted by molar-refractivity contribution is 0.449. The van der Waals surface area contributed by atoms with Gasteiger partial charge in [-0.15, -0.1) is 0 Å². The maximum absolute atomic E-state index is 9.91. The first-order valence-corrected chi connectivity index (χ1v) is 4.24. The standard InChI is InChI=1S/C9H5O2S/c10-6-11-9-5-7-3-1-2-4-8(7)12-9/h1-5H. The summed E-state index contributed by atoms with van der Waals surface area (Å²) in [4.78, 5) is 9.91. The molecule has 0 aliphatic heterocycles. The Bertz CT molecular complexity index is 373. The Morgan fingerprint density at radius 1 is 1.33 bits per heavy atom. The summed E-state index contributed by atoms with van der Waals surface area (Å²) in [6.45, 7) is 1.41. The fourth-order valence-electron chi connectivity index (χ4n) is 1.05. The van der Waals surface area contributed by atoms with Crippen LogP contribution in [0.25, 0.3) is 10.1 Å². The first-order valence-electron chi connectivity index (χ1n) is 3.43. The average molecular weight is 177 g/mol. The van der Waals surface area contributed by atoms with Gasteiger partial charge in [0.25, 0.3) is 0 Å². The number of hydrogen-bond acceptors (Lipinski definition) is 3. The van der Waals surface area contributed by atoms with E-state index >= 15 is 0 Å². The van der Waals surface area contributed by atoms with Crippen molar-refractivity contribution in [2.75, 3.05) is 0 Å². The van der Waals surface area contributed by atoms with E-state index in [4.69, 9.17) is 0 Å². The van der Waals surface area contributed by atoms with E-state index < -0.39 is 0 Å². The topological polar surface area (TPSA) is 26.3 Å². The number of rotatable bonds is 2. The molecule has 0 spiro atoms. The zero-order valence-corrected chi connectivity index (χ0v) is 6.93. The van der Waals surface area contributed by atoms with Crippen molar-refractivity contribution in [2.24, 2.45) is 0 Å². The van der Waals surface area contributed by atoms with Crippen LogP contribution in [-0.4, -0.2) is 6.47 Å². The number of thiophene rings is 1.